The lowest BCUT2D eigenvalue weighted by atomic mass is 10.00. The lowest BCUT2D eigenvalue weighted by Gasteiger charge is -2.26. The van der Waals surface area contributed by atoms with E-state index in [1.165, 1.54) is 37.9 Å². The first kappa shape index (κ1) is 21.3. The van der Waals surface area contributed by atoms with Crippen molar-refractivity contribution in [3.63, 3.8) is 0 Å². The Kier molecular flexibility index (Phi) is 6.13. The van der Waals surface area contributed by atoms with Gasteiger partial charge in [0.1, 0.15) is 5.75 Å². The average Bonchev–Trinajstić information content (AvgIpc) is 3.19. The summed E-state index contributed by atoms with van der Waals surface area (Å²) >= 11 is 0. The van der Waals surface area contributed by atoms with E-state index in [-0.39, 0.29) is 5.91 Å². The van der Waals surface area contributed by atoms with Gasteiger partial charge in [0, 0.05) is 23.9 Å². The summed E-state index contributed by atoms with van der Waals surface area (Å²) in [7, 11) is 1.63. The summed E-state index contributed by atoms with van der Waals surface area (Å²) in [6.45, 7) is 3.36. The van der Waals surface area contributed by atoms with Crippen molar-refractivity contribution in [3.05, 3.63) is 89.5 Å². The predicted molar refractivity (Wildman–Crippen MR) is 134 cm³/mol. The number of rotatable bonds is 6. The summed E-state index contributed by atoms with van der Waals surface area (Å²) in [5.41, 5.74) is 6.29. The number of hydrogen-bond acceptors (Lipinski definition) is 4. The summed E-state index contributed by atoms with van der Waals surface area (Å²) < 4.78 is 5.33. The van der Waals surface area contributed by atoms with E-state index in [9.17, 15) is 4.79 Å². The molecule has 0 aromatic heterocycles. The van der Waals surface area contributed by atoms with Crippen molar-refractivity contribution in [1.82, 2.24) is 4.90 Å². The van der Waals surface area contributed by atoms with Gasteiger partial charge in [-0.15, -0.1) is 0 Å². The highest BCUT2D eigenvalue weighted by Gasteiger charge is 2.28. The number of ether oxygens (including phenoxy) is 1. The second-order valence-corrected chi connectivity index (χ2v) is 8.64. The lowest BCUT2D eigenvalue weighted by molar-refractivity contribution is -0.110. The second-order valence-electron chi connectivity index (χ2n) is 8.64. The molecule has 3 aromatic carbocycles. The van der Waals surface area contributed by atoms with E-state index in [0.717, 1.165) is 34.7 Å². The van der Waals surface area contributed by atoms with Crippen LogP contribution in [0.5, 0.6) is 5.75 Å². The first-order chi connectivity index (χ1) is 16.2. The molecule has 1 fully saturated rings. The molecule has 0 aliphatic carbocycles. The number of likely N-dealkylation sites (tertiary alicyclic amines) is 1. The summed E-state index contributed by atoms with van der Waals surface area (Å²) in [6.07, 6.45) is 3.94. The number of benzene rings is 3. The smallest absolute Gasteiger partial charge is 0.258 e. The predicted octanol–water partition coefficient (Wildman–Crippen LogP) is 5.61. The van der Waals surface area contributed by atoms with E-state index in [4.69, 9.17) is 4.74 Å². The Hall–Kier alpha value is -3.57. The molecule has 33 heavy (non-hydrogen) atoms. The Morgan fingerprint density at radius 2 is 1.73 bits per heavy atom. The maximum atomic E-state index is 13.1. The quantitative estimate of drug-likeness (QED) is 0.490. The normalized spacial score (nSPS) is 17.3. The second kappa shape index (κ2) is 9.51. The van der Waals surface area contributed by atoms with Crippen LogP contribution < -0.4 is 15.4 Å². The van der Waals surface area contributed by atoms with Crippen molar-refractivity contribution in [1.29, 1.82) is 0 Å². The fourth-order valence-electron chi connectivity index (χ4n) is 4.62. The lowest BCUT2D eigenvalue weighted by Crippen LogP contribution is -2.29. The van der Waals surface area contributed by atoms with E-state index in [2.05, 4.69) is 39.8 Å². The third-order valence-corrected chi connectivity index (χ3v) is 6.36. The van der Waals surface area contributed by atoms with Crippen LogP contribution in [0.15, 0.2) is 72.8 Å². The summed E-state index contributed by atoms with van der Waals surface area (Å²) in [6, 6.07) is 24.2. The van der Waals surface area contributed by atoms with Crippen molar-refractivity contribution >= 4 is 28.6 Å². The largest absolute Gasteiger partial charge is 0.497 e. The Morgan fingerprint density at radius 1 is 0.970 bits per heavy atom. The molecule has 3 aromatic rings. The number of fused-ring (bicyclic) bond motifs is 1. The fraction of sp³-hybridized carbons (Fsp3) is 0.250. The van der Waals surface area contributed by atoms with Gasteiger partial charge >= 0.3 is 0 Å². The Morgan fingerprint density at radius 3 is 2.45 bits per heavy atom. The van der Waals surface area contributed by atoms with Crippen LogP contribution in [-0.2, 0) is 11.3 Å². The number of carbonyl (C=O) groups is 1. The van der Waals surface area contributed by atoms with Crippen molar-refractivity contribution in [2.75, 3.05) is 30.8 Å². The number of hydrogen-bond donors (Lipinski definition) is 2. The van der Waals surface area contributed by atoms with E-state index in [1.807, 2.05) is 48.5 Å². The molecular formula is C28H29N3O2. The van der Waals surface area contributed by atoms with E-state index in [1.54, 1.807) is 7.11 Å². The molecule has 1 saturated heterocycles. The first-order valence-electron chi connectivity index (χ1n) is 11.6. The van der Waals surface area contributed by atoms with Gasteiger partial charge in [-0.05, 0) is 61.3 Å². The molecule has 0 unspecified atom stereocenters. The maximum absolute atomic E-state index is 13.1. The van der Waals surface area contributed by atoms with Gasteiger partial charge in [-0.2, -0.15) is 0 Å². The van der Waals surface area contributed by atoms with Crippen LogP contribution in [-0.4, -0.2) is 31.0 Å². The molecule has 5 rings (SSSR count). The Balaban J connectivity index is 1.47. The zero-order valence-corrected chi connectivity index (χ0v) is 18.9. The topological polar surface area (TPSA) is 53.6 Å². The van der Waals surface area contributed by atoms with Gasteiger partial charge in [-0.1, -0.05) is 48.9 Å². The molecular weight excluding hydrogens is 410 g/mol. The van der Waals surface area contributed by atoms with Crippen LogP contribution in [0.1, 0.15) is 36.0 Å². The number of piperidine rings is 1. The minimum Gasteiger partial charge on any atom is -0.497 e. The highest BCUT2D eigenvalue weighted by Crippen LogP contribution is 2.39. The molecule has 0 spiro atoms. The maximum Gasteiger partial charge on any atom is 0.258 e. The average molecular weight is 440 g/mol. The highest BCUT2D eigenvalue weighted by molar-refractivity contribution is 6.37. The number of nitrogens with zero attached hydrogens (tertiary/aromatic N) is 1. The Labute approximate surface area is 195 Å². The SMILES string of the molecule is COc1ccc2c(c1)NC(=O)/C2=C(/Nc1ccc(CN2CCCCC2)cc1)c1ccccc1. The number of carbonyl (C=O) groups excluding carboxylic acids is 1. The molecule has 5 heteroatoms. The molecule has 2 heterocycles. The van der Waals surface area contributed by atoms with Crippen molar-refractivity contribution in [3.8, 4) is 5.75 Å². The highest BCUT2D eigenvalue weighted by atomic mass is 16.5. The van der Waals surface area contributed by atoms with Gasteiger partial charge in [-0.25, -0.2) is 0 Å². The number of methoxy groups -OCH3 is 1. The van der Waals surface area contributed by atoms with Gasteiger partial charge in [0.2, 0.25) is 0 Å². The molecule has 2 N–H and O–H groups in total. The monoisotopic (exact) mass is 439 g/mol. The van der Waals surface area contributed by atoms with Gasteiger partial charge < -0.3 is 15.4 Å². The standard InChI is InChI=1S/C28H29N3O2/c1-33-23-14-15-24-25(18-23)30-28(32)26(24)27(21-8-4-2-5-9-21)29-22-12-10-20(11-13-22)19-31-16-6-3-7-17-31/h2,4-5,8-15,18,29H,3,6-7,16-17,19H2,1H3,(H,30,32)/b27-26+. The van der Waals surface area contributed by atoms with Gasteiger partial charge in [0.05, 0.1) is 24.1 Å². The minimum atomic E-state index is -0.119. The van der Waals surface area contributed by atoms with Crippen LogP contribution in [0, 0.1) is 0 Å². The van der Waals surface area contributed by atoms with Gasteiger partial charge in [0.25, 0.3) is 5.91 Å². The fourth-order valence-corrected chi connectivity index (χ4v) is 4.62. The number of nitrogens with one attached hydrogen (secondary N) is 2. The van der Waals surface area contributed by atoms with E-state index < -0.39 is 0 Å². The summed E-state index contributed by atoms with van der Waals surface area (Å²) in [4.78, 5) is 15.6. The molecule has 0 atom stereocenters. The van der Waals surface area contributed by atoms with Gasteiger partial charge in [-0.3, -0.25) is 9.69 Å². The van der Waals surface area contributed by atoms with Gasteiger partial charge in [0.15, 0.2) is 0 Å². The molecule has 2 aliphatic heterocycles. The summed E-state index contributed by atoms with van der Waals surface area (Å²) in [5.74, 6) is 0.597. The minimum absolute atomic E-state index is 0.119. The van der Waals surface area contributed by atoms with Crippen LogP contribution >= 0.6 is 0 Å². The van der Waals surface area contributed by atoms with Crippen LogP contribution in [0.3, 0.4) is 0 Å². The first-order valence-corrected chi connectivity index (χ1v) is 11.6. The molecule has 5 nitrogen and oxygen atoms in total. The van der Waals surface area contributed by atoms with Crippen LogP contribution in [0.2, 0.25) is 0 Å². The third-order valence-electron chi connectivity index (χ3n) is 6.36. The third kappa shape index (κ3) is 4.64. The van der Waals surface area contributed by atoms with E-state index in [0.29, 0.717) is 11.3 Å². The zero-order valence-electron chi connectivity index (χ0n) is 18.9. The Bertz CT molecular complexity index is 1160. The van der Waals surface area contributed by atoms with Crippen LogP contribution in [0.4, 0.5) is 11.4 Å². The molecule has 0 saturated carbocycles. The molecule has 168 valence electrons. The molecule has 1 amide bonds. The van der Waals surface area contributed by atoms with Crippen molar-refractivity contribution < 1.29 is 9.53 Å². The van der Waals surface area contributed by atoms with Crippen LogP contribution in [0.25, 0.3) is 11.3 Å². The van der Waals surface area contributed by atoms with Crippen molar-refractivity contribution in [2.45, 2.75) is 25.8 Å². The van der Waals surface area contributed by atoms with Crippen molar-refractivity contribution in [2.24, 2.45) is 0 Å². The number of amides is 1. The zero-order chi connectivity index (χ0) is 22.6. The van der Waals surface area contributed by atoms with E-state index >= 15 is 0 Å². The number of anilines is 2. The molecule has 0 bridgehead atoms. The molecule has 0 radical (unpaired) electrons. The molecule has 2 aliphatic rings. The summed E-state index contributed by atoms with van der Waals surface area (Å²) in [5, 5.41) is 6.53.